The number of carbonyl (C=O) groups excluding carboxylic acids is 1. The van der Waals surface area contributed by atoms with Crippen LogP contribution in [0, 0.1) is 17.0 Å². The average molecular weight is 240 g/mol. The zero-order chi connectivity index (χ0) is 10.0. The summed E-state index contributed by atoms with van der Waals surface area (Å²) in [5.41, 5.74) is 0. The minimum absolute atomic E-state index is 0. The minimum atomic E-state index is -0.663. The fraction of sp³-hybridized carbons (Fsp3) is 0.333. The molecule has 1 heterocycles. The summed E-state index contributed by atoms with van der Waals surface area (Å²) in [6.45, 7) is 1.33. The third-order valence-corrected chi connectivity index (χ3v) is 1.62. The van der Waals surface area contributed by atoms with E-state index in [2.05, 4.69) is 4.98 Å². The fourth-order valence-electron chi connectivity index (χ4n) is 0.922. The number of halogens is 2. The van der Waals surface area contributed by atoms with Gasteiger partial charge in [-0.3, -0.25) is 4.79 Å². The molecule has 1 aromatic heterocycles. The largest absolute Gasteiger partial charge is 0.358 e. The lowest BCUT2D eigenvalue weighted by Crippen LogP contribution is -2.09. The standard InChI is InChI=1S/C6H6ClN3O3.ClH/c1-4-8-2-6(10(12)13)9(4)3-5(7)11;/h2H,3H2,1H3;1H. The SMILES string of the molecule is Cc1ncc([N+](=O)[O-])n1CC(=O)Cl.Cl. The van der Waals surface area contributed by atoms with Gasteiger partial charge in [0.1, 0.15) is 6.20 Å². The van der Waals surface area contributed by atoms with Gasteiger partial charge in [0.2, 0.25) is 0 Å². The van der Waals surface area contributed by atoms with E-state index in [1.807, 2.05) is 0 Å². The van der Waals surface area contributed by atoms with Gasteiger partial charge in [0.25, 0.3) is 5.24 Å². The Morgan fingerprint density at radius 3 is 2.79 bits per heavy atom. The molecule has 6 nitrogen and oxygen atoms in total. The summed E-state index contributed by atoms with van der Waals surface area (Å²) in [6, 6.07) is 0. The smallest absolute Gasteiger partial charge is 0.343 e. The third-order valence-electron chi connectivity index (χ3n) is 1.50. The Morgan fingerprint density at radius 1 is 1.79 bits per heavy atom. The first-order chi connectivity index (χ1) is 6.02. The molecule has 0 atom stereocenters. The van der Waals surface area contributed by atoms with E-state index in [-0.39, 0.29) is 24.8 Å². The molecule has 0 aromatic carbocycles. The van der Waals surface area contributed by atoms with Crippen LogP contribution in [0.4, 0.5) is 5.82 Å². The first-order valence-electron chi connectivity index (χ1n) is 3.37. The van der Waals surface area contributed by atoms with Crippen molar-refractivity contribution in [2.24, 2.45) is 0 Å². The number of hydrogen-bond acceptors (Lipinski definition) is 4. The van der Waals surface area contributed by atoms with Gasteiger partial charge in [-0.05, 0) is 16.5 Å². The summed E-state index contributed by atoms with van der Waals surface area (Å²) in [7, 11) is 0. The highest BCUT2D eigenvalue weighted by atomic mass is 35.5. The van der Waals surface area contributed by atoms with Crippen LogP contribution in [-0.2, 0) is 11.3 Å². The second-order valence-corrected chi connectivity index (χ2v) is 2.78. The molecule has 0 saturated carbocycles. The zero-order valence-corrected chi connectivity index (χ0v) is 8.71. The maximum atomic E-state index is 10.5. The monoisotopic (exact) mass is 239 g/mol. The summed E-state index contributed by atoms with van der Waals surface area (Å²) in [4.78, 5) is 24.0. The van der Waals surface area contributed by atoms with Gasteiger partial charge in [-0.25, -0.2) is 9.55 Å². The topological polar surface area (TPSA) is 78.0 Å². The third kappa shape index (κ3) is 2.68. The van der Waals surface area contributed by atoms with Crippen LogP contribution in [0.15, 0.2) is 6.20 Å². The number of carbonyl (C=O) groups is 1. The van der Waals surface area contributed by atoms with Crippen molar-refractivity contribution in [3.05, 3.63) is 22.1 Å². The molecule has 14 heavy (non-hydrogen) atoms. The van der Waals surface area contributed by atoms with Crippen LogP contribution in [-0.4, -0.2) is 19.7 Å². The number of imidazole rings is 1. The lowest BCUT2D eigenvalue weighted by Gasteiger charge is -1.97. The summed E-state index contributed by atoms with van der Waals surface area (Å²) in [6.07, 6.45) is 1.09. The summed E-state index contributed by atoms with van der Waals surface area (Å²) < 4.78 is 1.15. The van der Waals surface area contributed by atoms with Crippen LogP contribution in [0.5, 0.6) is 0 Å². The van der Waals surface area contributed by atoms with Crippen molar-refractivity contribution >= 4 is 35.1 Å². The van der Waals surface area contributed by atoms with Crippen molar-refractivity contribution in [1.29, 1.82) is 0 Å². The lowest BCUT2D eigenvalue weighted by molar-refractivity contribution is -0.392. The molecule has 0 aliphatic rings. The Hall–Kier alpha value is -1.14. The number of hydrogen-bond donors (Lipinski definition) is 0. The molecule has 0 amide bonds. The molecular formula is C6H7Cl2N3O3. The van der Waals surface area contributed by atoms with E-state index in [1.165, 1.54) is 0 Å². The van der Waals surface area contributed by atoms with E-state index < -0.39 is 10.2 Å². The van der Waals surface area contributed by atoms with Crippen LogP contribution in [0.1, 0.15) is 5.82 Å². The molecule has 0 spiro atoms. The van der Waals surface area contributed by atoms with E-state index in [1.54, 1.807) is 6.92 Å². The molecule has 0 saturated heterocycles. The molecule has 0 aliphatic heterocycles. The molecule has 0 N–H and O–H groups in total. The Morgan fingerprint density at radius 2 is 2.36 bits per heavy atom. The molecule has 0 bridgehead atoms. The minimum Gasteiger partial charge on any atom is -0.358 e. The van der Waals surface area contributed by atoms with E-state index in [0.29, 0.717) is 5.82 Å². The summed E-state index contributed by atoms with van der Waals surface area (Å²) >= 11 is 5.11. The first kappa shape index (κ1) is 12.9. The van der Waals surface area contributed by atoms with Gasteiger partial charge in [-0.1, -0.05) is 0 Å². The molecule has 1 rings (SSSR count). The maximum absolute atomic E-state index is 10.5. The Labute approximate surface area is 90.4 Å². The number of aryl methyl sites for hydroxylation is 1. The van der Waals surface area contributed by atoms with E-state index in [4.69, 9.17) is 11.6 Å². The molecule has 0 fully saturated rings. The van der Waals surface area contributed by atoms with Crippen LogP contribution >= 0.6 is 24.0 Å². The van der Waals surface area contributed by atoms with Gasteiger partial charge in [0.05, 0.1) is 0 Å². The predicted molar refractivity (Wildman–Crippen MR) is 51.7 cm³/mol. The Balaban J connectivity index is 0.00000169. The summed E-state index contributed by atoms with van der Waals surface area (Å²) in [5.74, 6) is 0.159. The summed E-state index contributed by atoms with van der Waals surface area (Å²) in [5, 5.41) is 9.74. The van der Waals surface area contributed by atoms with Crippen molar-refractivity contribution in [3.63, 3.8) is 0 Å². The van der Waals surface area contributed by atoms with Gasteiger partial charge in [-0.15, -0.1) is 12.4 Å². The second kappa shape index (κ2) is 4.92. The fourth-order valence-corrected chi connectivity index (χ4v) is 1.04. The zero-order valence-electron chi connectivity index (χ0n) is 7.14. The molecular weight excluding hydrogens is 233 g/mol. The van der Waals surface area contributed by atoms with Crippen molar-refractivity contribution in [2.75, 3.05) is 0 Å². The highest BCUT2D eigenvalue weighted by molar-refractivity contribution is 6.63. The molecule has 0 radical (unpaired) electrons. The lowest BCUT2D eigenvalue weighted by atomic mass is 10.6. The van der Waals surface area contributed by atoms with Crippen molar-refractivity contribution < 1.29 is 9.72 Å². The second-order valence-electron chi connectivity index (χ2n) is 2.36. The van der Waals surface area contributed by atoms with Crippen molar-refractivity contribution in [2.45, 2.75) is 13.5 Å². The number of nitrogens with zero attached hydrogens (tertiary/aromatic N) is 3. The van der Waals surface area contributed by atoms with Crippen LogP contribution in [0.2, 0.25) is 0 Å². The van der Waals surface area contributed by atoms with E-state index in [9.17, 15) is 14.9 Å². The molecule has 78 valence electrons. The van der Waals surface area contributed by atoms with Crippen LogP contribution in [0.25, 0.3) is 0 Å². The highest BCUT2D eigenvalue weighted by Crippen LogP contribution is 2.13. The normalized spacial score (nSPS) is 9.29. The van der Waals surface area contributed by atoms with Gasteiger partial charge in [-0.2, -0.15) is 0 Å². The number of rotatable bonds is 3. The predicted octanol–water partition coefficient (Wildman–Crippen LogP) is 1.29. The molecule has 0 unspecified atom stereocenters. The molecule has 8 heteroatoms. The van der Waals surface area contributed by atoms with Gasteiger partial charge in [0, 0.05) is 6.92 Å². The highest BCUT2D eigenvalue weighted by Gasteiger charge is 2.18. The number of aromatic nitrogens is 2. The van der Waals surface area contributed by atoms with Gasteiger partial charge in [0.15, 0.2) is 12.4 Å². The maximum Gasteiger partial charge on any atom is 0.343 e. The molecule has 1 aromatic rings. The molecule has 0 aliphatic carbocycles. The Kier molecular flexibility index (Phi) is 4.52. The first-order valence-corrected chi connectivity index (χ1v) is 3.75. The van der Waals surface area contributed by atoms with E-state index >= 15 is 0 Å². The van der Waals surface area contributed by atoms with Crippen molar-refractivity contribution in [1.82, 2.24) is 9.55 Å². The van der Waals surface area contributed by atoms with Crippen molar-refractivity contribution in [3.8, 4) is 0 Å². The van der Waals surface area contributed by atoms with Gasteiger partial charge < -0.3 is 10.1 Å². The quantitative estimate of drug-likeness (QED) is 0.453. The van der Waals surface area contributed by atoms with Gasteiger partial charge >= 0.3 is 5.82 Å². The van der Waals surface area contributed by atoms with Crippen LogP contribution < -0.4 is 0 Å². The number of nitro groups is 1. The van der Waals surface area contributed by atoms with Crippen LogP contribution in [0.3, 0.4) is 0 Å². The Bertz CT molecular complexity index is 363. The average Bonchev–Trinajstić information content (AvgIpc) is 2.32. The van der Waals surface area contributed by atoms with E-state index in [0.717, 1.165) is 10.8 Å².